The summed E-state index contributed by atoms with van der Waals surface area (Å²) < 4.78 is 0. The van der Waals surface area contributed by atoms with Gasteiger partial charge >= 0.3 is 5.97 Å². The molecule has 1 aliphatic rings. The Labute approximate surface area is 145 Å². The molecule has 8 nitrogen and oxygen atoms in total. The van der Waals surface area contributed by atoms with Crippen molar-refractivity contribution in [3.63, 3.8) is 0 Å². The minimum atomic E-state index is -1.11. The van der Waals surface area contributed by atoms with Crippen LogP contribution in [0.3, 0.4) is 0 Å². The first kappa shape index (κ1) is 18.7. The second kappa shape index (κ2) is 8.46. The number of carboxylic acid groups (broad SMARTS) is 1. The number of hydrogen-bond acceptors (Lipinski definition) is 5. The van der Waals surface area contributed by atoms with Crippen LogP contribution in [0.5, 0.6) is 0 Å². The van der Waals surface area contributed by atoms with Crippen molar-refractivity contribution in [1.29, 1.82) is 0 Å². The summed E-state index contributed by atoms with van der Waals surface area (Å²) in [6, 6.07) is 6.04. The SMILES string of the molecule is O=C(CCCNc1ccc([N+](=O)[O-])cc1)NC1(C(=O)O)CCCCC1. The number of carboxylic acids is 1. The van der Waals surface area contributed by atoms with E-state index in [0.717, 1.165) is 24.9 Å². The van der Waals surface area contributed by atoms with Gasteiger partial charge in [0.1, 0.15) is 5.54 Å². The van der Waals surface area contributed by atoms with E-state index in [1.165, 1.54) is 12.1 Å². The molecule has 0 radical (unpaired) electrons. The smallest absolute Gasteiger partial charge is 0.329 e. The molecule has 0 saturated heterocycles. The van der Waals surface area contributed by atoms with Gasteiger partial charge in [-0.2, -0.15) is 0 Å². The van der Waals surface area contributed by atoms with Crippen LogP contribution in [-0.2, 0) is 9.59 Å². The lowest BCUT2D eigenvalue weighted by atomic mass is 9.81. The Hall–Kier alpha value is -2.64. The summed E-state index contributed by atoms with van der Waals surface area (Å²) >= 11 is 0. The first-order valence-corrected chi connectivity index (χ1v) is 8.46. The number of aliphatic carboxylic acids is 1. The number of carbonyl (C=O) groups excluding carboxylic acids is 1. The maximum atomic E-state index is 12.1. The fourth-order valence-electron chi connectivity index (χ4n) is 3.06. The Bertz CT molecular complexity index is 624. The van der Waals surface area contributed by atoms with Gasteiger partial charge in [-0.25, -0.2) is 4.79 Å². The quantitative estimate of drug-likeness (QED) is 0.377. The first-order valence-electron chi connectivity index (χ1n) is 8.46. The Morgan fingerprint density at radius 3 is 2.36 bits per heavy atom. The Morgan fingerprint density at radius 2 is 1.80 bits per heavy atom. The van der Waals surface area contributed by atoms with Gasteiger partial charge in [0, 0.05) is 30.8 Å². The standard InChI is InChI=1S/C17H23N3O5/c21-15(19-17(16(22)23)10-2-1-3-11-17)5-4-12-18-13-6-8-14(9-7-13)20(24)25/h6-9,18H,1-5,10-12H2,(H,19,21)(H,22,23). The normalized spacial score (nSPS) is 16.0. The fourth-order valence-corrected chi connectivity index (χ4v) is 3.06. The Kier molecular flexibility index (Phi) is 6.32. The van der Waals surface area contributed by atoms with Crippen LogP contribution >= 0.6 is 0 Å². The van der Waals surface area contributed by atoms with Crippen LogP contribution in [0.1, 0.15) is 44.9 Å². The summed E-state index contributed by atoms with van der Waals surface area (Å²) in [5, 5.41) is 25.8. The van der Waals surface area contributed by atoms with Gasteiger partial charge < -0.3 is 15.7 Å². The molecule has 0 aliphatic heterocycles. The van der Waals surface area contributed by atoms with E-state index in [1.807, 2.05) is 0 Å². The van der Waals surface area contributed by atoms with Crippen LogP contribution in [0.15, 0.2) is 24.3 Å². The van der Waals surface area contributed by atoms with Crippen LogP contribution in [0.25, 0.3) is 0 Å². The third-order valence-corrected chi connectivity index (χ3v) is 4.48. The molecule has 2 rings (SSSR count). The molecule has 8 heteroatoms. The minimum absolute atomic E-state index is 0.0244. The van der Waals surface area contributed by atoms with Crippen molar-refractivity contribution in [1.82, 2.24) is 5.32 Å². The molecule has 1 saturated carbocycles. The summed E-state index contributed by atoms with van der Waals surface area (Å²) in [5.74, 6) is -1.21. The number of nitro groups is 1. The largest absolute Gasteiger partial charge is 0.480 e. The first-order chi connectivity index (χ1) is 11.9. The summed E-state index contributed by atoms with van der Waals surface area (Å²) in [5.41, 5.74) is -0.349. The zero-order valence-corrected chi connectivity index (χ0v) is 14.0. The van der Waals surface area contributed by atoms with Crippen molar-refractivity contribution >= 4 is 23.3 Å². The summed E-state index contributed by atoms with van der Waals surface area (Å²) in [6.07, 6.45) is 4.37. The lowest BCUT2D eigenvalue weighted by Gasteiger charge is -2.34. The van der Waals surface area contributed by atoms with Gasteiger partial charge in [0.15, 0.2) is 0 Å². The number of benzene rings is 1. The summed E-state index contributed by atoms with van der Waals surface area (Å²) in [6.45, 7) is 0.519. The van der Waals surface area contributed by atoms with Crippen LogP contribution in [0.4, 0.5) is 11.4 Å². The van der Waals surface area contributed by atoms with Crippen molar-refractivity contribution in [3.8, 4) is 0 Å². The molecule has 3 N–H and O–H groups in total. The van der Waals surface area contributed by atoms with E-state index in [1.54, 1.807) is 12.1 Å². The molecule has 1 aliphatic carbocycles. The number of nitrogens with zero attached hydrogens (tertiary/aromatic N) is 1. The molecule has 0 heterocycles. The maximum absolute atomic E-state index is 12.1. The van der Waals surface area contributed by atoms with Gasteiger partial charge in [-0.15, -0.1) is 0 Å². The average Bonchev–Trinajstić information content (AvgIpc) is 2.60. The molecule has 1 aromatic rings. The van der Waals surface area contributed by atoms with Crippen LogP contribution < -0.4 is 10.6 Å². The van der Waals surface area contributed by atoms with E-state index in [0.29, 0.717) is 25.8 Å². The lowest BCUT2D eigenvalue weighted by Crippen LogP contribution is -2.55. The van der Waals surface area contributed by atoms with E-state index < -0.39 is 16.4 Å². The molecule has 0 aromatic heterocycles. The highest BCUT2D eigenvalue weighted by Crippen LogP contribution is 2.28. The molecule has 1 amide bonds. The van der Waals surface area contributed by atoms with Crippen LogP contribution in [-0.4, -0.2) is 34.0 Å². The number of carbonyl (C=O) groups is 2. The molecule has 0 bridgehead atoms. The van der Waals surface area contributed by atoms with Crippen molar-refractivity contribution < 1.29 is 19.6 Å². The highest BCUT2D eigenvalue weighted by Gasteiger charge is 2.40. The Balaban J connectivity index is 1.74. The molecule has 1 aromatic carbocycles. The predicted octanol–water partition coefficient (Wildman–Crippen LogP) is 2.69. The van der Waals surface area contributed by atoms with E-state index in [9.17, 15) is 24.8 Å². The van der Waals surface area contributed by atoms with E-state index >= 15 is 0 Å². The predicted molar refractivity (Wildman–Crippen MR) is 92.4 cm³/mol. The minimum Gasteiger partial charge on any atom is -0.480 e. The van der Waals surface area contributed by atoms with Gasteiger partial charge in [-0.05, 0) is 31.4 Å². The molecule has 0 atom stereocenters. The van der Waals surface area contributed by atoms with Crippen LogP contribution in [0.2, 0.25) is 0 Å². The average molecular weight is 349 g/mol. The van der Waals surface area contributed by atoms with E-state index in [-0.39, 0.29) is 18.0 Å². The topological polar surface area (TPSA) is 122 Å². The molecular weight excluding hydrogens is 326 g/mol. The summed E-state index contributed by atoms with van der Waals surface area (Å²) in [4.78, 5) is 33.7. The number of nitrogens with one attached hydrogen (secondary N) is 2. The molecule has 1 fully saturated rings. The second-order valence-electron chi connectivity index (χ2n) is 6.33. The van der Waals surface area contributed by atoms with Crippen molar-refractivity contribution in [3.05, 3.63) is 34.4 Å². The number of rotatable bonds is 8. The number of nitro benzene ring substituents is 1. The number of hydrogen-bond donors (Lipinski definition) is 3. The van der Waals surface area contributed by atoms with Crippen molar-refractivity contribution in [2.24, 2.45) is 0 Å². The molecule has 25 heavy (non-hydrogen) atoms. The third-order valence-electron chi connectivity index (χ3n) is 4.48. The molecular formula is C17H23N3O5. The third kappa shape index (κ3) is 5.17. The lowest BCUT2D eigenvalue weighted by molar-refractivity contribution is -0.384. The molecule has 0 unspecified atom stereocenters. The number of anilines is 1. The zero-order chi connectivity index (χ0) is 18.3. The maximum Gasteiger partial charge on any atom is 0.329 e. The van der Waals surface area contributed by atoms with E-state index in [4.69, 9.17) is 0 Å². The van der Waals surface area contributed by atoms with Crippen LogP contribution in [0, 0.1) is 10.1 Å². The highest BCUT2D eigenvalue weighted by molar-refractivity contribution is 5.87. The van der Waals surface area contributed by atoms with Gasteiger partial charge in [0.2, 0.25) is 5.91 Å². The van der Waals surface area contributed by atoms with Gasteiger partial charge in [0.25, 0.3) is 5.69 Å². The number of amides is 1. The van der Waals surface area contributed by atoms with Gasteiger partial charge in [0.05, 0.1) is 4.92 Å². The fraction of sp³-hybridized carbons (Fsp3) is 0.529. The van der Waals surface area contributed by atoms with Crippen molar-refractivity contribution in [2.75, 3.05) is 11.9 Å². The monoisotopic (exact) mass is 349 g/mol. The van der Waals surface area contributed by atoms with Gasteiger partial charge in [-0.3, -0.25) is 14.9 Å². The van der Waals surface area contributed by atoms with Crippen molar-refractivity contribution in [2.45, 2.75) is 50.5 Å². The zero-order valence-electron chi connectivity index (χ0n) is 14.0. The Morgan fingerprint density at radius 1 is 1.16 bits per heavy atom. The number of non-ortho nitro benzene ring substituents is 1. The van der Waals surface area contributed by atoms with Gasteiger partial charge in [-0.1, -0.05) is 19.3 Å². The second-order valence-corrected chi connectivity index (χ2v) is 6.33. The highest BCUT2D eigenvalue weighted by atomic mass is 16.6. The van der Waals surface area contributed by atoms with E-state index in [2.05, 4.69) is 10.6 Å². The molecule has 0 spiro atoms. The summed E-state index contributed by atoms with van der Waals surface area (Å²) in [7, 11) is 0. The molecule has 136 valence electrons.